The lowest BCUT2D eigenvalue weighted by Crippen LogP contribution is -2.27. The van der Waals surface area contributed by atoms with Gasteiger partial charge >= 0.3 is 0 Å². The number of nitrogens with zero attached hydrogens (tertiary/aromatic N) is 2. The van der Waals surface area contributed by atoms with Crippen molar-refractivity contribution in [2.75, 3.05) is 25.5 Å². The van der Waals surface area contributed by atoms with Crippen molar-refractivity contribution in [2.24, 2.45) is 0 Å². The van der Waals surface area contributed by atoms with Crippen LogP contribution < -0.4 is 10.1 Å². The van der Waals surface area contributed by atoms with Gasteiger partial charge in [-0.2, -0.15) is 4.31 Å². The molecule has 1 aliphatic rings. The van der Waals surface area contributed by atoms with E-state index in [1.54, 1.807) is 12.1 Å². The third-order valence-electron chi connectivity index (χ3n) is 4.58. The van der Waals surface area contributed by atoms with E-state index < -0.39 is 26.5 Å². The second-order valence-electron chi connectivity index (χ2n) is 6.37. The van der Waals surface area contributed by atoms with E-state index in [0.29, 0.717) is 13.1 Å². The lowest BCUT2D eigenvalue weighted by molar-refractivity contribution is -0.384. The van der Waals surface area contributed by atoms with Crippen LogP contribution in [0.15, 0.2) is 41.3 Å². The Balaban J connectivity index is 1.76. The van der Waals surface area contributed by atoms with Gasteiger partial charge in [-0.1, -0.05) is 12.1 Å². The van der Waals surface area contributed by atoms with E-state index in [-0.39, 0.29) is 22.9 Å². The molecule has 8 nitrogen and oxygen atoms in total. The number of methoxy groups -OCH3 is 1. The molecule has 2 aromatic rings. The van der Waals surface area contributed by atoms with E-state index in [1.807, 2.05) is 0 Å². The number of hydrogen-bond donors (Lipinski definition) is 1. The molecule has 1 fully saturated rings. The summed E-state index contributed by atoms with van der Waals surface area (Å²) in [6.07, 6.45) is 1.72. The first-order valence-electron chi connectivity index (χ1n) is 8.68. The molecule has 1 heterocycles. The minimum atomic E-state index is -3.49. The summed E-state index contributed by atoms with van der Waals surface area (Å²) in [4.78, 5) is 10.7. The molecule has 0 unspecified atom stereocenters. The van der Waals surface area contributed by atoms with E-state index in [0.717, 1.165) is 24.5 Å². The molecule has 0 amide bonds. The van der Waals surface area contributed by atoms with Crippen LogP contribution in [-0.4, -0.2) is 37.8 Å². The van der Waals surface area contributed by atoms with Gasteiger partial charge in [-0.05, 0) is 30.5 Å². The molecule has 3 rings (SSSR count). The van der Waals surface area contributed by atoms with Gasteiger partial charge in [0.1, 0.15) is 5.69 Å². The van der Waals surface area contributed by atoms with Crippen molar-refractivity contribution in [2.45, 2.75) is 24.3 Å². The Labute approximate surface area is 162 Å². The van der Waals surface area contributed by atoms with E-state index in [4.69, 9.17) is 4.74 Å². The molecular formula is C18H20FN3O5S. The number of benzene rings is 2. The van der Waals surface area contributed by atoms with Crippen LogP contribution in [-0.2, 0) is 16.6 Å². The molecule has 0 atom stereocenters. The summed E-state index contributed by atoms with van der Waals surface area (Å²) in [5.74, 6) is -0.934. The Hall–Kier alpha value is -2.72. The fourth-order valence-electron chi connectivity index (χ4n) is 3.05. The number of halogens is 1. The minimum Gasteiger partial charge on any atom is -0.494 e. The summed E-state index contributed by atoms with van der Waals surface area (Å²) in [6.45, 7) is 1.25. The maximum absolute atomic E-state index is 13.7. The monoisotopic (exact) mass is 409 g/mol. The molecule has 1 N–H and O–H groups in total. The molecule has 0 radical (unpaired) electrons. The first kappa shape index (κ1) is 20.0. The van der Waals surface area contributed by atoms with Crippen LogP contribution in [0, 0.1) is 15.9 Å². The first-order chi connectivity index (χ1) is 13.3. The van der Waals surface area contributed by atoms with Crippen LogP contribution in [0.1, 0.15) is 18.4 Å². The molecule has 0 saturated carbocycles. The van der Waals surface area contributed by atoms with Crippen LogP contribution >= 0.6 is 0 Å². The molecule has 0 aromatic heterocycles. The van der Waals surface area contributed by atoms with Crippen molar-refractivity contribution in [3.05, 3.63) is 57.9 Å². The number of ether oxygens (including phenoxy) is 1. The summed E-state index contributed by atoms with van der Waals surface area (Å²) in [7, 11) is -2.22. The van der Waals surface area contributed by atoms with Gasteiger partial charge in [0.15, 0.2) is 11.6 Å². The number of nitro benzene ring substituents is 1. The van der Waals surface area contributed by atoms with Gasteiger partial charge in [0.2, 0.25) is 10.0 Å². The number of nitro groups is 1. The largest absolute Gasteiger partial charge is 0.494 e. The summed E-state index contributed by atoms with van der Waals surface area (Å²) >= 11 is 0. The van der Waals surface area contributed by atoms with Gasteiger partial charge in [-0.3, -0.25) is 10.1 Å². The number of nitrogens with one attached hydrogen (secondary N) is 1. The molecule has 2 aromatic carbocycles. The van der Waals surface area contributed by atoms with Crippen molar-refractivity contribution in [1.29, 1.82) is 0 Å². The first-order valence-corrected chi connectivity index (χ1v) is 10.1. The third kappa shape index (κ3) is 4.07. The second-order valence-corrected chi connectivity index (χ2v) is 8.31. The maximum atomic E-state index is 13.7. The number of hydrogen-bond acceptors (Lipinski definition) is 6. The highest BCUT2D eigenvalue weighted by atomic mass is 32.2. The van der Waals surface area contributed by atoms with Crippen molar-refractivity contribution in [1.82, 2.24) is 4.31 Å². The van der Waals surface area contributed by atoms with Crippen LogP contribution in [0.5, 0.6) is 5.75 Å². The Morgan fingerprint density at radius 2 is 1.86 bits per heavy atom. The van der Waals surface area contributed by atoms with Gasteiger partial charge in [0, 0.05) is 25.7 Å². The topological polar surface area (TPSA) is 102 Å². The molecule has 10 heteroatoms. The lowest BCUT2D eigenvalue weighted by Gasteiger charge is -2.15. The van der Waals surface area contributed by atoms with Gasteiger partial charge < -0.3 is 10.1 Å². The number of sulfonamides is 1. The van der Waals surface area contributed by atoms with Crippen LogP contribution in [0.4, 0.5) is 15.8 Å². The fourth-order valence-corrected chi connectivity index (χ4v) is 4.56. The molecular weight excluding hydrogens is 389 g/mol. The zero-order valence-electron chi connectivity index (χ0n) is 15.2. The van der Waals surface area contributed by atoms with Gasteiger partial charge in [0.05, 0.1) is 23.0 Å². The Kier molecular flexibility index (Phi) is 5.80. The predicted octanol–water partition coefficient (Wildman–Crippen LogP) is 3.14. The number of anilines is 1. The van der Waals surface area contributed by atoms with Gasteiger partial charge in [-0.15, -0.1) is 0 Å². The highest BCUT2D eigenvalue weighted by Crippen LogP contribution is 2.32. The van der Waals surface area contributed by atoms with Crippen molar-refractivity contribution in [3.63, 3.8) is 0 Å². The van der Waals surface area contributed by atoms with Crippen LogP contribution in [0.25, 0.3) is 0 Å². The summed E-state index contributed by atoms with van der Waals surface area (Å²) in [5, 5.41) is 14.0. The zero-order valence-corrected chi connectivity index (χ0v) is 16.0. The zero-order chi connectivity index (χ0) is 20.3. The quantitative estimate of drug-likeness (QED) is 0.557. The van der Waals surface area contributed by atoms with E-state index in [1.165, 1.54) is 29.6 Å². The normalized spacial score (nSPS) is 14.8. The smallest absolute Gasteiger partial charge is 0.295 e. The van der Waals surface area contributed by atoms with Crippen LogP contribution in [0.2, 0.25) is 0 Å². The summed E-state index contributed by atoms with van der Waals surface area (Å²) in [5.41, 5.74) is 0.418. The average molecular weight is 409 g/mol. The van der Waals surface area contributed by atoms with Crippen molar-refractivity contribution < 1.29 is 22.5 Å². The van der Waals surface area contributed by atoms with E-state index in [9.17, 15) is 22.9 Å². The maximum Gasteiger partial charge on any atom is 0.295 e. The third-order valence-corrected chi connectivity index (χ3v) is 6.49. The highest BCUT2D eigenvalue weighted by molar-refractivity contribution is 7.89. The molecule has 1 saturated heterocycles. The van der Waals surface area contributed by atoms with Crippen LogP contribution in [0.3, 0.4) is 0 Å². The molecule has 0 bridgehead atoms. The van der Waals surface area contributed by atoms with E-state index in [2.05, 4.69) is 5.32 Å². The lowest BCUT2D eigenvalue weighted by atomic mass is 10.2. The van der Waals surface area contributed by atoms with Gasteiger partial charge in [0.25, 0.3) is 5.69 Å². The fraction of sp³-hybridized carbons (Fsp3) is 0.333. The predicted molar refractivity (Wildman–Crippen MR) is 101 cm³/mol. The van der Waals surface area contributed by atoms with Gasteiger partial charge in [-0.25, -0.2) is 12.8 Å². The molecule has 150 valence electrons. The number of rotatable bonds is 7. The molecule has 1 aliphatic heterocycles. The molecule has 0 aliphatic carbocycles. The summed E-state index contributed by atoms with van der Waals surface area (Å²) in [6, 6.07) is 8.34. The Bertz CT molecular complexity index is 973. The summed E-state index contributed by atoms with van der Waals surface area (Å²) < 4.78 is 45.1. The van der Waals surface area contributed by atoms with Crippen molar-refractivity contribution >= 4 is 21.4 Å². The molecule has 28 heavy (non-hydrogen) atoms. The van der Waals surface area contributed by atoms with Crippen molar-refractivity contribution in [3.8, 4) is 5.75 Å². The Morgan fingerprint density at radius 3 is 2.43 bits per heavy atom. The SMILES string of the molecule is COc1cc(NCc2ccc(S(=O)(=O)N3CCCC3)cc2)c([N+](=O)[O-])cc1F. The Morgan fingerprint density at radius 1 is 1.21 bits per heavy atom. The second kappa shape index (κ2) is 8.11. The average Bonchev–Trinajstić information content (AvgIpc) is 3.22. The standard InChI is InChI=1S/C18H20FN3O5S/c1-27-18-11-16(17(22(23)24)10-15(18)19)20-12-13-4-6-14(7-5-13)28(25,26)21-8-2-3-9-21/h4-7,10-11,20H,2-3,8-9,12H2,1H3. The minimum absolute atomic E-state index is 0.108. The van der Waals surface area contributed by atoms with E-state index >= 15 is 0 Å². The highest BCUT2D eigenvalue weighted by Gasteiger charge is 2.27. The molecule has 0 spiro atoms.